The van der Waals surface area contributed by atoms with Crippen LogP contribution in [0.15, 0.2) is 54.6 Å². The predicted octanol–water partition coefficient (Wildman–Crippen LogP) is 2.11. The Balaban J connectivity index is 0.000000374. The summed E-state index contributed by atoms with van der Waals surface area (Å²) in [5.41, 5.74) is 4.31. The summed E-state index contributed by atoms with van der Waals surface area (Å²) >= 11 is 0. The number of nitrogens with zero attached hydrogens (tertiary/aromatic N) is 2. The largest absolute Gasteiger partial charge is 0.473 e. The monoisotopic (exact) mass is 544 g/mol. The molecule has 1 fully saturated rings. The van der Waals surface area contributed by atoms with E-state index in [9.17, 15) is 0 Å². The second-order valence-corrected chi connectivity index (χ2v) is 9.36. The SMILES string of the molecule is CN1CCN(CCCOC2c3ccccc3CC2Cc2ccccc2)CC1.O=C(O)C(=O)O.O=C(O)C(=O)O. The summed E-state index contributed by atoms with van der Waals surface area (Å²) in [5.74, 6) is -6.75. The zero-order valence-corrected chi connectivity index (χ0v) is 21.9. The Kier molecular flexibility index (Phi) is 13.1. The zero-order chi connectivity index (χ0) is 28.8. The van der Waals surface area contributed by atoms with Gasteiger partial charge in [-0.15, -0.1) is 0 Å². The first-order chi connectivity index (χ1) is 18.6. The van der Waals surface area contributed by atoms with Crippen LogP contribution in [0, 0.1) is 5.92 Å². The highest BCUT2D eigenvalue weighted by Crippen LogP contribution is 2.40. The molecule has 0 radical (unpaired) electrons. The normalized spacial score (nSPS) is 18.5. The molecule has 39 heavy (non-hydrogen) atoms. The van der Waals surface area contributed by atoms with Gasteiger partial charge < -0.3 is 35.0 Å². The Morgan fingerprint density at radius 3 is 1.90 bits per heavy atom. The summed E-state index contributed by atoms with van der Waals surface area (Å²) in [6.45, 7) is 6.78. The fourth-order valence-corrected chi connectivity index (χ4v) is 4.53. The molecule has 11 heteroatoms. The zero-order valence-electron chi connectivity index (χ0n) is 21.9. The van der Waals surface area contributed by atoms with Gasteiger partial charge in [-0.25, -0.2) is 19.2 Å². The maximum atomic E-state index is 9.10. The molecule has 1 aliphatic carbocycles. The molecule has 1 heterocycles. The van der Waals surface area contributed by atoms with Gasteiger partial charge in [-0.2, -0.15) is 0 Å². The van der Waals surface area contributed by atoms with Crippen molar-refractivity contribution in [2.45, 2.75) is 25.4 Å². The fraction of sp³-hybridized carbons (Fsp3) is 0.429. The molecule has 0 saturated carbocycles. The second kappa shape index (κ2) is 16.2. The van der Waals surface area contributed by atoms with E-state index in [-0.39, 0.29) is 6.10 Å². The second-order valence-electron chi connectivity index (χ2n) is 9.36. The summed E-state index contributed by atoms with van der Waals surface area (Å²) in [4.78, 5) is 41.4. The van der Waals surface area contributed by atoms with E-state index in [2.05, 4.69) is 71.4 Å². The smallest absolute Gasteiger partial charge is 0.414 e. The van der Waals surface area contributed by atoms with Crippen LogP contribution in [-0.4, -0.2) is 100 Å². The van der Waals surface area contributed by atoms with E-state index in [4.69, 9.17) is 44.3 Å². The van der Waals surface area contributed by atoms with Crippen molar-refractivity contribution in [3.05, 3.63) is 71.3 Å². The number of likely N-dealkylation sites (N-methyl/N-ethyl adjacent to an activating group) is 1. The topological polar surface area (TPSA) is 165 Å². The third-order valence-corrected chi connectivity index (χ3v) is 6.49. The van der Waals surface area contributed by atoms with Gasteiger partial charge in [-0.05, 0) is 48.9 Å². The number of carboxylic acids is 4. The number of ether oxygens (including phenoxy) is 1. The number of benzene rings is 2. The molecule has 2 aliphatic rings. The average Bonchev–Trinajstić information content (AvgIpc) is 3.25. The summed E-state index contributed by atoms with van der Waals surface area (Å²) < 4.78 is 6.49. The highest BCUT2D eigenvalue weighted by Gasteiger charge is 2.33. The molecule has 4 rings (SSSR count). The van der Waals surface area contributed by atoms with Gasteiger partial charge in [0.25, 0.3) is 0 Å². The van der Waals surface area contributed by atoms with Gasteiger partial charge in [-0.3, -0.25) is 0 Å². The lowest BCUT2D eigenvalue weighted by Gasteiger charge is -2.32. The molecular weight excluding hydrogens is 508 g/mol. The lowest BCUT2D eigenvalue weighted by atomic mass is 9.94. The standard InChI is InChI=1S/C24H32N2O.2C2H2O4/c1-25-13-15-26(16-14-25)12-7-17-27-24-22(18-20-8-3-2-4-9-20)19-21-10-5-6-11-23(21)24;2*3-1(4)2(5)6/h2-6,8-11,22,24H,7,12-19H2,1H3;2*(H,3,4)(H,5,6). The van der Waals surface area contributed by atoms with Crippen molar-refractivity contribution < 1.29 is 44.3 Å². The number of piperazine rings is 1. The highest BCUT2D eigenvalue weighted by atomic mass is 16.5. The summed E-state index contributed by atoms with van der Waals surface area (Å²) in [6, 6.07) is 19.7. The van der Waals surface area contributed by atoms with Gasteiger partial charge in [0.1, 0.15) is 0 Å². The molecule has 4 N–H and O–H groups in total. The molecule has 2 aromatic rings. The molecule has 11 nitrogen and oxygen atoms in total. The van der Waals surface area contributed by atoms with Crippen LogP contribution in [0.4, 0.5) is 0 Å². The molecule has 0 bridgehead atoms. The van der Waals surface area contributed by atoms with Crippen molar-refractivity contribution in [1.29, 1.82) is 0 Å². The number of aliphatic carboxylic acids is 4. The molecule has 212 valence electrons. The predicted molar refractivity (Wildman–Crippen MR) is 142 cm³/mol. The van der Waals surface area contributed by atoms with E-state index >= 15 is 0 Å². The first-order valence-corrected chi connectivity index (χ1v) is 12.6. The van der Waals surface area contributed by atoms with E-state index in [1.54, 1.807) is 0 Å². The highest BCUT2D eigenvalue weighted by molar-refractivity contribution is 6.27. The van der Waals surface area contributed by atoms with Crippen LogP contribution in [0.25, 0.3) is 0 Å². The van der Waals surface area contributed by atoms with E-state index in [1.807, 2.05) is 0 Å². The first kappa shape index (κ1) is 31.4. The van der Waals surface area contributed by atoms with Crippen LogP contribution in [0.3, 0.4) is 0 Å². The van der Waals surface area contributed by atoms with Gasteiger partial charge in [-0.1, -0.05) is 54.6 Å². The van der Waals surface area contributed by atoms with Crippen molar-refractivity contribution >= 4 is 23.9 Å². The Morgan fingerprint density at radius 2 is 1.33 bits per heavy atom. The summed E-state index contributed by atoms with van der Waals surface area (Å²) in [7, 11) is 2.21. The quantitative estimate of drug-likeness (QED) is 0.298. The average molecular weight is 545 g/mol. The van der Waals surface area contributed by atoms with E-state index < -0.39 is 23.9 Å². The van der Waals surface area contributed by atoms with E-state index in [1.165, 1.54) is 42.9 Å². The Hall–Kier alpha value is -3.80. The Morgan fingerprint density at radius 1 is 0.795 bits per heavy atom. The van der Waals surface area contributed by atoms with Crippen molar-refractivity contribution in [3.63, 3.8) is 0 Å². The Bertz CT molecular complexity index is 1040. The van der Waals surface area contributed by atoms with Crippen LogP contribution >= 0.6 is 0 Å². The molecular formula is C28H36N2O9. The molecule has 0 aromatic heterocycles. The van der Waals surface area contributed by atoms with Crippen LogP contribution in [0.5, 0.6) is 0 Å². The van der Waals surface area contributed by atoms with Gasteiger partial charge in [0.05, 0.1) is 6.10 Å². The fourth-order valence-electron chi connectivity index (χ4n) is 4.53. The van der Waals surface area contributed by atoms with Crippen LogP contribution in [-0.2, 0) is 36.8 Å². The minimum Gasteiger partial charge on any atom is -0.473 e. The van der Waals surface area contributed by atoms with Gasteiger partial charge >= 0.3 is 23.9 Å². The molecule has 0 spiro atoms. The van der Waals surface area contributed by atoms with Crippen LogP contribution < -0.4 is 0 Å². The third kappa shape index (κ3) is 11.2. The van der Waals surface area contributed by atoms with Crippen LogP contribution in [0.2, 0.25) is 0 Å². The number of fused-ring (bicyclic) bond motifs is 1. The molecule has 2 atom stereocenters. The van der Waals surface area contributed by atoms with E-state index in [0.717, 1.165) is 32.4 Å². The van der Waals surface area contributed by atoms with Crippen molar-refractivity contribution in [3.8, 4) is 0 Å². The van der Waals surface area contributed by atoms with Gasteiger partial charge in [0.15, 0.2) is 0 Å². The maximum absolute atomic E-state index is 9.10. The first-order valence-electron chi connectivity index (χ1n) is 12.6. The van der Waals surface area contributed by atoms with Crippen molar-refractivity contribution in [2.24, 2.45) is 5.92 Å². The number of hydrogen-bond donors (Lipinski definition) is 4. The molecule has 0 amide bonds. The summed E-state index contributed by atoms with van der Waals surface area (Å²) in [5, 5.41) is 29.6. The molecule has 1 saturated heterocycles. The van der Waals surface area contributed by atoms with Crippen LogP contribution in [0.1, 0.15) is 29.2 Å². The Labute approximate surface area is 227 Å². The number of rotatable bonds is 7. The maximum Gasteiger partial charge on any atom is 0.414 e. The summed E-state index contributed by atoms with van der Waals surface area (Å²) in [6.07, 6.45) is 3.60. The lowest BCUT2D eigenvalue weighted by Crippen LogP contribution is -2.44. The molecule has 2 unspecified atom stereocenters. The lowest BCUT2D eigenvalue weighted by molar-refractivity contribution is -0.159. The molecule has 1 aliphatic heterocycles. The number of hydrogen-bond acceptors (Lipinski definition) is 7. The van der Waals surface area contributed by atoms with Crippen molar-refractivity contribution in [2.75, 3.05) is 46.4 Å². The molecule has 2 aromatic carbocycles. The van der Waals surface area contributed by atoms with Crippen molar-refractivity contribution in [1.82, 2.24) is 9.80 Å². The van der Waals surface area contributed by atoms with Gasteiger partial charge in [0.2, 0.25) is 0 Å². The van der Waals surface area contributed by atoms with Gasteiger partial charge in [0, 0.05) is 39.3 Å². The minimum atomic E-state index is -1.82. The minimum absolute atomic E-state index is 0.244. The van der Waals surface area contributed by atoms with E-state index in [0.29, 0.717) is 5.92 Å². The number of carbonyl (C=O) groups is 4. The number of carboxylic acid groups (broad SMARTS) is 4. The third-order valence-electron chi connectivity index (χ3n) is 6.49.